The molecule has 1 fully saturated rings. The smallest absolute Gasteiger partial charge is 0.321 e. The fourth-order valence-corrected chi connectivity index (χ4v) is 3.70. The van der Waals surface area contributed by atoms with Crippen LogP contribution in [-0.4, -0.2) is 54.1 Å². The number of hydrogen-bond donors (Lipinski definition) is 3. The van der Waals surface area contributed by atoms with Crippen LogP contribution in [0.3, 0.4) is 0 Å². The molecule has 3 N–H and O–H groups in total. The molecular weight excluding hydrogens is 260 g/mol. The van der Waals surface area contributed by atoms with Crippen molar-refractivity contribution in [3.63, 3.8) is 0 Å². The van der Waals surface area contributed by atoms with Gasteiger partial charge in [0, 0.05) is 19.2 Å². The Morgan fingerprint density at radius 3 is 2.67 bits per heavy atom. The molecule has 0 aromatic carbocycles. The first-order valence-electron chi connectivity index (χ1n) is 6.01. The lowest BCUT2D eigenvalue weighted by Crippen LogP contribution is -2.52. The summed E-state index contributed by atoms with van der Waals surface area (Å²) in [7, 11) is -3.81. The van der Waals surface area contributed by atoms with Gasteiger partial charge in [-0.2, -0.15) is 17.4 Å². The summed E-state index contributed by atoms with van der Waals surface area (Å²) < 4.78 is 27.5. The Kier molecular flexibility index (Phi) is 5.51. The molecule has 1 unspecified atom stereocenters. The van der Waals surface area contributed by atoms with E-state index < -0.39 is 22.2 Å². The van der Waals surface area contributed by atoms with Crippen molar-refractivity contribution >= 4 is 16.2 Å². The van der Waals surface area contributed by atoms with E-state index in [1.165, 1.54) is 4.31 Å². The average Bonchev–Trinajstić information content (AvgIpc) is 2.28. The van der Waals surface area contributed by atoms with Crippen LogP contribution < -0.4 is 4.72 Å². The van der Waals surface area contributed by atoms with Crippen LogP contribution in [-0.2, 0) is 15.0 Å². The minimum atomic E-state index is -3.81. The average molecular weight is 280 g/mol. The van der Waals surface area contributed by atoms with Crippen molar-refractivity contribution in [1.29, 1.82) is 0 Å². The number of aliphatic hydroxyl groups excluding tert-OH is 1. The molecule has 0 amide bonds. The van der Waals surface area contributed by atoms with Crippen LogP contribution in [0.1, 0.15) is 32.6 Å². The van der Waals surface area contributed by atoms with E-state index in [1.807, 2.05) is 0 Å². The number of hydrogen-bond acceptors (Lipinski definition) is 4. The van der Waals surface area contributed by atoms with Gasteiger partial charge in [-0.25, -0.2) is 0 Å². The third-order valence-electron chi connectivity index (χ3n) is 3.06. The van der Waals surface area contributed by atoms with Crippen molar-refractivity contribution in [2.45, 2.75) is 44.7 Å². The third kappa shape index (κ3) is 3.91. The lowest BCUT2D eigenvalue weighted by Gasteiger charge is -2.33. The fourth-order valence-electron chi connectivity index (χ4n) is 2.04. The van der Waals surface area contributed by atoms with Crippen LogP contribution in [0, 0.1) is 0 Å². The summed E-state index contributed by atoms with van der Waals surface area (Å²) in [4.78, 5) is 10.9. The molecule has 0 spiro atoms. The largest absolute Gasteiger partial charge is 0.480 e. The van der Waals surface area contributed by atoms with E-state index in [9.17, 15) is 13.2 Å². The van der Waals surface area contributed by atoms with E-state index in [-0.39, 0.29) is 19.1 Å². The van der Waals surface area contributed by atoms with E-state index >= 15 is 0 Å². The molecule has 0 aromatic heterocycles. The Morgan fingerprint density at radius 2 is 2.17 bits per heavy atom. The van der Waals surface area contributed by atoms with Crippen molar-refractivity contribution in [1.82, 2.24) is 9.03 Å². The first-order valence-corrected chi connectivity index (χ1v) is 7.45. The highest BCUT2D eigenvalue weighted by atomic mass is 32.2. The maximum atomic E-state index is 12.1. The number of aliphatic hydroxyl groups is 1. The predicted molar refractivity (Wildman–Crippen MR) is 65.2 cm³/mol. The Morgan fingerprint density at radius 1 is 1.50 bits per heavy atom. The standard InChI is InChI=1S/C10H20N2O5S/c1-8-4-2-3-6-12(8)18(16,17)11-9(5-7-13)10(14)15/h8-9,11,13H,2-7H2,1H3,(H,14,15)/t8?,9-/m0/s1. The van der Waals surface area contributed by atoms with E-state index in [4.69, 9.17) is 10.2 Å². The summed E-state index contributed by atoms with van der Waals surface area (Å²) in [6, 6.07) is -1.41. The number of rotatable bonds is 6. The Hall–Kier alpha value is -0.700. The number of nitrogens with zero attached hydrogens (tertiary/aromatic N) is 1. The van der Waals surface area contributed by atoms with Gasteiger partial charge in [0.1, 0.15) is 6.04 Å². The highest BCUT2D eigenvalue weighted by molar-refractivity contribution is 7.87. The molecule has 1 saturated heterocycles. The number of piperidine rings is 1. The van der Waals surface area contributed by atoms with Gasteiger partial charge in [0.05, 0.1) is 0 Å². The normalized spacial score (nSPS) is 23.8. The van der Waals surface area contributed by atoms with E-state index in [0.29, 0.717) is 6.54 Å². The predicted octanol–water partition coefficient (Wildman–Crippen LogP) is -0.469. The summed E-state index contributed by atoms with van der Waals surface area (Å²) in [5.74, 6) is -1.28. The van der Waals surface area contributed by atoms with Gasteiger partial charge in [-0.05, 0) is 26.2 Å². The quantitative estimate of drug-likeness (QED) is 0.610. The molecule has 1 aliphatic rings. The van der Waals surface area contributed by atoms with Gasteiger partial charge < -0.3 is 10.2 Å². The van der Waals surface area contributed by atoms with Crippen LogP contribution in [0.2, 0.25) is 0 Å². The SMILES string of the molecule is CC1CCCCN1S(=O)(=O)N[C@@H](CCO)C(=O)O. The third-order valence-corrected chi connectivity index (χ3v) is 4.80. The molecule has 7 nitrogen and oxygen atoms in total. The van der Waals surface area contributed by atoms with Crippen molar-refractivity contribution < 1.29 is 23.4 Å². The minimum Gasteiger partial charge on any atom is -0.480 e. The zero-order valence-electron chi connectivity index (χ0n) is 10.4. The second-order valence-corrected chi connectivity index (χ2v) is 6.14. The van der Waals surface area contributed by atoms with Gasteiger partial charge >= 0.3 is 5.97 Å². The topological polar surface area (TPSA) is 107 Å². The monoisotopic (exact) mass is 280 g/mol. The lowest BCUT2D eigenvalue weighted by atomic mass is 10.1. The molecule has 2 atom stereocenters. The number of carboxylic acid groups (broad SMARTS) is 1. The molecule has 106 valence electrons. The van der Waals surface area contributed by atoms with Crippen molar-refractivity contribution in [2.24, 2.45) is 0 Å². The summed E-state index contributed by atoms with van der Waals surface area (Å²) in [6.07, 6.45) is 2.39. The minimum absolute atomic E-state index is 0.125. The van der Waals surface area contributed by atoms with Crippen molar-refractivity contribution in [2.75, 3.05) is 13.2 Å². The highest BCUT2D eigenvalue weighted by Crippen LogP contribution is 2.19. The second kappa shape index (κ2) is 6.46. The van der Waals surface area contributed by atoms with Crippen LogP contribution in [0.25, 0.3) is 0 Å². The first-order chi connectivity index (χ1) is 8.38. The zero-order valence-corrected chi connectivity index (χ0v) is 11.2. The number of carbonyl (C=O) groups is 1. The first kappa shape index (κ1) is 15.4. The fraction of sp³-hybridized carbons (Fsp3) is 0.900. The maximum Gasteiger partial charge on any atom is 0.321 e. The Bertz CT molecular complexity index is 384. The molecule has 8 heteroatoms. The van der Waals surface area contributed by atoms with Gasteiger partial charge in [0.2, 0.25) is 0 Å². The second-order valence-electron chi connectivity index (χ2n) is 4.48. The van der Waals surface area contributed by atoms with Crippen molar-refractivity contribution in [3.8, 4) is 0 Å². The number of nitrogens with one attached hydrogen (secondary N) is 1. The van der Waals surface area contributed by atoms with Gasteiger partial charge in [0.25, 0.3) is 10.2 Å². The van der Waals surface area contributed by atoms with E-state index in [0.717, 1.165) is 19.3 Å². The maximum absolute atomic E-state index is 12.1. The molecule has 0 saturated carbocycles. The molecule has 18 heavy (non-hydrogen) atoms. The van der Waals surface area contributed by atoms with Gasteiger partial charge in [-0.3, -0.25) is 4.79 Å². The van der Waals surface area contributed by atoms with Crippen LogP contribution in [0.15, 0.2) is 0 Å². The van der Waals surface area contributed by atoms with Crippen LogP contribution in [0.5, 0.6) is 0 Å². The molecule has 1 heterocycles. The summed E-state index contributed by atoms with van der Waals surface area (Å²) in [5.41, 5.74) is 0. The Balaban J connectivity index is 2.75. The summed E-state index contributed by atoms with van der Waals surface area (Å²) in [6.45, 7) is 1.83. The highest BCUT2D eigenvalue weighted by Gasteiger charge is 2.32. The lowest BCUT2D eigenvalue weighted by molar-refractivity contribution is -0.139. The molecule has 0 bridgehead atoms. The van der Waals surface area contributed by atoms with E-state index in [2.05, 4.69) is 4.72 Å². The van der Waals surface area contributed by atoms with Crippen LogP contribution >= 0.6 is 0 Å². The molecule has 0 radical (unpaired) electrons. The summed E-state index contributed by atoms with van der Waals surface area (Å²) >= 11 is 0. The molecular formula is C10H20N2O5S. The van der Waals surface area contributed by atoms with Gasteiger partial charge in [-0.1, -0.05) is 6.42 Å². The number of carboxylic acids is 1. The van der Waals surface area contributed by atoms with E-state index in [1.54, 1.807) is 6.92 Å². The molecule has 1 rings (SSSR count). The number of aliphatic carboxylic acids is 1. The van der Waals surface area contributed by atoms with Gasteiger partial charge in [-0.15, -0.1) is 0 Å². The molecule has 0 aliphatic carbocycles. The molecule has 1 aliphatic heterocycles. The van der Waals surface area contributed by atoms with Crippen molar-refractivity contribution in [3.05, 3.63) is 0 Å². The molecule has 0 aromatic rings. The summed E-state index contributed by atoms with van der Waals surface area (Å²) in [5, 5.41) is 17.6. The van der Waals surface area contributed by atoms with Crippen LogP contribution in [0.4, 0.5) is 0 Å². The zero-order chi connectivity index (χ0) is 13.8. The van der Waals surface area contributed by atoms with Gasteiger partial charge in [0.15, 0.2) is 0 Å². The Labute approximate surface area is 107 Å².